The minimum absolute atomic E-state index is 0.0775. The zero-order valence-corrected chi connectivity index (χ0v) is 10.8. The molecule has 6 heteroatoms. The molecule has 0 aliphatic heterocycles. The van der Waals surface area contributed by atoms with Crippen LogP contribution in [0, 0.1) is 5.92 Å². The van der Waals surface area contributed by atoms with Crippen LogP contribution in [0.15, 0.2) is 17.3 Å². The quantitative estimate of drug-likeness (QED) is 0.861. The van der Waals surface area contributed by atoms with Crippen LogP contribution < -0.4 is 4.72 Å². The minimum Gasteiger partial charge on any atom is -0.284 e. The number of hydrogen-bond donors (Lipinski definition) is 2. The predicted molar refractivity (Wildman–Crippen MR) is 64.9 cm³/mol. The van der Waals surface area contributed by atoms with E-state index in [1.807, 2.05) is 0 Å². The Balaban J connectivity index is 2.09. The Morgan fingerprint density at radius 3 is 2.88 bits per heavy atom. The SMILES string of the molecule is CCC1CCCCC1NS(=O)(=O)c1cn[nH]c1. The molecule has 0 amide bonds. The summed E-state index contributed by atoms with van der Waals surface area (Å²) in [4.78, 5) is 0.220. The van der Waals surface area contributed by atoms with Crippen molar-refractivity contribution in [3.63, 3.8) is 0 Å². The van der Waals surface area contributed by atoms with Crippen molar-refractivity contribution in [2.75, 3.05) is 0 Å². The number of nitrogens with one attached hydrogen (secondary N) is 2. The molecule has 1 aliphatic rings. The van der Waals surface area contributed by atoms with Gasteiger partial charge in [-0.05, 0) is 18.8 Å². The van der Waals surface area contributed by atoms with Crippen molar-refractivity contribution in [1.82, 2.24) is 14.9 Å². The van der Waals surface area contributed by atoms with Gasteiger partial charge in [-0.25, -0.2) is 13.1 Å². The Morgan fingerprint density at radius 2 is 2.24 bits per heavy atom. The van der Waals surface area contributed by atoms with E-state index < -0.39 is 10.0 Å². The monoisotopic (exact) mass is 257 g/mol. The van der Waals surface area contributed by atoms with Crippen molar-refractivity contribution in [2.45, 2.75) is 50.0 Å². The molecule has 2 rings (SSSR count). The fraction of sp³-hybridized carbons (Fsp3) is 0.727. The Hall–Kier alpha value is -0.880. The van der Waals surface area contributed by atoms with Crippen LogP contribution in [0.3, 0.4) is 0 Å². The number of aromatic amines is 1. The molecule has 5 nitrogen and oxygen atoms in total. The van der Waals surface area contributed by atoms with Gasteiger partial charge in [0.25, 0.3) is 0 Å². The van der Waals surface area contributed by atoms with Crippen LogP contribution in [0.4, 0.5) is 0 Å². The standard InChI is InChI=1S/C11H19N3O2S/c1-2-9-5-3-4-6-11(9)14-17(15,16)10-7-12-13-8-10/h7-9,11,14H,2-6H2,1H3,(H,12,13). The fourth-order valence-corrected chi connectivity index (χ4v) is 3.75. The van der Waals surface area contributed by atoms with Crippen LogP contribution in [0.2, 0.25) is 0 Å². The predicted octanol–water partition coefficient (Wildman–Crippen LogP) is 1.66. The summed E-state index contributed by atoms with van der Waals surface area (Å²) in [6.45, 7) is 2.12. The summed E-state index contributed by atoms with van der Waals surface area (Å²) in [7, 11) is -3.40. The number of sulfonamides is 1. The molecule has 0 bridgehead atoms. The summed E-state index contributed by atoms with van der Waals surface area (Å²) in [6.07, 6.45) is 8.15. The molecule has 0 saturated heterocycles. The average molecular weight is 257 g/mol. The number of nitrogens with zero attached hydrogens (tertiary/aromatic N) is 1. The third-order valence-corrected chi connectivity index (χ3v) is 4.98. The van der Waals surface area contributed by atoms with Crippen LogP contribution in [0.25, 0.3) is 0 Å². The van der Waals surface area contributed by atoms with Crippen molar-refractivity contribution in [2.24, 2.45) is 5.92 Å². The summed E-state index contributed by atoms with van der Waals surface area (Å²) in [5, 5.41) is 6.21. The van der Waals surface area contributed by atoms with Gasteiger partial charge in [0.1, 0.15) is 4.90 Å². The lowest BCUT2D eigenvalue weighted by Crippen LogP contribution is -2.41. The van der Waals surface area contributed by atoms with Crippen molar-refractivity contribution in [1.29, 1.82) is 0 Å². The lowest BCUT2D eigenvalue weighted by atomic mass is 9.83. The first-order valence-electron chi connectivity index (χ1n) is 6.14. The van der Waals surface area contributed by atoms with Gasteiger partial charge in [-0.15, -0.1) is 0 Å². The second-order valence-corrected chi connectivity index (χ2v) is 6.33. The first-order chi connectivity index (χ1) is 8.13. The second-order valence-electron chi connectivity index (χ2n) is 4.61. The highest BCUT2D eigenvalue weighted by Crippen LogP contribution is 2.27. The van der Waals surface area contributed by atoms with Crippen molar-refractivity contribution < 1.29 is 8.42 Å². The summed E-state index contributed by atoms with van der Waals surface area (Å²) >= 11 is 0. The van der Waals surface area contributed by atoms with Crippen LogP contribution >= 0.6 is 0 Å². The Bertz CT molecular complexity index is 441. The van der Waals surface area contributed by atoms with E-state index in [1.165, 1.54) is 18.8 Å². The molecule has 2 N–H and O–H groups in total. The molecule has 0 spiro atoms. The highest BCUT2D eigenvalue weighted by molar-refractivity contribution is 7.89. The summed E-state index contributed by atoms with van der Waals surface area (Å²) in [5.41, 5.74) is 0. The molecule has 1 aliphatic carbocycles. The zero-order chi connectivity index (χ0) is 12.3. The molecule has 17 heavy (non-hydrogen) atoms. The van der Waals surface area contributed by atoms with E-state index in [-0.39, 0.29) is 10.9 Å². The third-order valence-electron chi connectivity index (χ3n) is 3.52. The number of aromatic nitrogens is 2. The van der Waals surface area contributed by atoms with Crippen molar-refractivity contribution >= 4 is 10.0 Å². The topological polar surface area (TPSA) is 74.8 Å². The van der Waals surface area contributed by atoms with E-state index in [1.54, 1.807) is 0 Å². The molecule has 1 aromatic rings. The molecular formula is C11H19N3O2S. The molecule has 2 unspecified atom stereocenters. The maximum absolute atomic E-state index is 12.1. The highest BCUT2D eigenvalue weighted by atomic mass is 32.2. The average Bonchev–Trinajstić information content (AvgIpc) is 2.83. The van der Waals surface area contributed by atoms with E-state index in [9.17, 15) is 8.42 Å². The molecule has 1 fully saturated rings. The van der Waals surface area contributed by atoms with Gasteiger partial charge in [0.05, 0.1) is 6.20 Å². The van der Waals surface area contributed by atoms with Gasteiger partial charge >= 0.3 is 0 Å². The zero-order valence-electron chi connectivity index (χ0n) is 10.0. The van der Waals surface area contributed by atoms with E-state index in [0.717, 1.165) is 25.7 Å². The lowest BCUT2D eigenvalue weighted by molar-refractivity contribution is 0.282. The molecule has 1 aromatic heterocycles. The molecule has 0 aromatic carbocycles. The maximum Gasteiger partial charge on any atom is 0.243 e. The summed E-state index contributed by atoms with van der Waals surface area (Å²) in [6, 6.07) is 0.0775. The minimum atomic E-state index is -3.40. The van der Waals surface area contributed by atoms with Gasteiger partial charge in [0.15, 0.2) is 0 Å². The number of hydrogen-bond acceptors (Lipinski definition) is 3. The van der Waals surface area contributed by atoms with Gasteiger partial charge in [0.2, 0.25) is 10.0 Å². The Labute approximate surface area is 102 Å². The van der Waals surface area contributed by atoms with Crippen LogP contribution in [-0.2, 0) is 10.0 Å². The highest BCUT2D eigenvalue weighted by Gasteiger charge is 2.28. The Kier molecular flexibility index (Phi) is 3.83. The first kappa shape index (κ1) is 12.6. The molecular weight excluding hydrogens is 238 g/mol. The van der Waals surface area contributed by atoms with Gasteiger partial charge in [0, 0.05) is 12.2 Å². The number of H-pyrrole nitrogens is 1. The molecule has 1 heterocycles. The third kappa shape index (κ3) is 2.87. The van der Waals surface area contributed by atoms with E-state index in [0.29, 0.717) is 5.92 Å². The van der Waals surface area contributed by atoms with Crippen LogP contribution in [0.5, 0.6) is 0 Å². The summed E-state index contributed by atoms with van der Waals surface area (Å²) in [5.74, 6) is 0.463. The summed E-state index contributed by atoms with van der Waals surface area (Å²) < 4.78 is 26.9. The fourth-order valence-electron chi connectivity index (χ4n) is 2.50. The van der Waals surface area contributed by atoms with Gasteiger partial charge in [-0.3, -0.25) is 5.10 Å². The first-order valence-corrected chi connectivity index (χ1v) is 7.63. The maximum atomic E-state index is 12.1. The molecule has 0 radical (unpaired) electrons. The van der Waals surface area contributed by atoms with Gasteiger partial charge < -0.3 is 0 Å². The molecule has 96 valence electrons. The van der Waals surface area contributed by atoms with Crippen LogP contribution in [0.1, 0.15) is 39.0 Å². The smallest absolute Gasteiger partial charge is 0.243 e. The second kappa shape index (κ2) is 5.18. The normalized spacial score (nSPS) is 25.9. The molecule has 1 saturated carbocycles. The van der Waals surface area contributed by atoms with Crippen molar-refractivity contribution in [3.8, 4) is 0 Å². The number of rotatable bonds is 4. The van der Waals surface area contributed by atoms with Crippen molar-refractivity contribution in [3.05, 3.63) is 12.4 Å². The largest absolute Gasteiger partial charge is 0.284 e. The van der Waals surface area contributed by atoms with E-state index >= 15 is 0 Å². The van der Waals surface area contributed by atoms with E-state index in [2.05, 4.69) is 21.8 Å². The van der Waals surface area contributed by atoms with Gasteiger partial charge in [-0.1, -0.05) is 26.2 Å². The van der Waals surface area contributed by atoms with Gasteiger partial charge in [-0.2, -0.15) is 5.10 Å². The lowest BCUT2D eigenvalue weighted by Gasteiger charge is -2.31. The Morgan fingerprint density at radius 1 is 1.47 bits per heavy atom. The van der Waals surface area contributed by atoms with Crippen LogP contribution in [-0.4, -0.2) is 24.7 Å². The molecule has 2 atom stereocenters. The van der Waals surface area contributed by atoms with E-state index in [4.69, 9.17) is 0 Å².